The lowest BCUT2D eigenvalue weighted by Gasteiger charge is -2.35. The van der Waals surface area contributed by atoms with Crippen molar-refractivity contribution in [2.75, 3.05) is 24.5 Å². The number of nitrogens with one attached hydrogen (secondary N) is 1. The first-order valence-corrected chi connectivity index (χ1v) is 7.04. The van der Waals surface area contributed by atoms with Crippen molar-refractivity contribution in [2.45, 2.75) is 25.8 Å². The van der Waals surface area contributed by atoms with Crippen LogP contribution < -0.4 is 10.2 Å². The molecule has 0 amide bonds. The number of piperidine rings is 1. The van der Waals surface area contributed by atoms with E-state index in [9.17, 15) is 8.78 Å². The maximum atomic E-state index is 13.9. The SMILES string of the molecule is CCNC1CCCN(c2c(F)cc(F)cc2Br)C1. The smallest absolute Gasteiger partial charge is 0.150 e. The minimum Gasteiger partial charge on any atom is -0.367 e. The van der Waals surface area contributed by atoms with Crippen LogP contribution in [0.5, 0.6) is 0 Å². The van der Waals surface area contributed by atoms with E-state index in [1.165, 1.54) is 6.07 Å². The predicted molar refractivity (Wildman–Crippen MR) is 73.0 cm³/mol. The highest BCUT2D eigenvalue weighted by Crippen LogP contribution is 2.32. The van der Waals surface area contributed by atoms with Gasteiger partial charge in [0.15, 0.2) is 5.82 Å². The zero-order valence-electron chi connectivity index (χ0n) is 10.3. The number of benzene rings is 1. The molecule has 5 heteroatoms. The maximum absolute atomic E-state index is 13.9. The van der Waals surface area contributed by atoms with Gasteiger partial charge in [-0.1, -0.05) is 6.92 Å². The van der Waals surface area contributed by atoms with Gasteiger partial charge in [0.25, 0.3) is 0 Å². The third-order valence-corrected chi connectivity index (χ3v) is 3.82. The Bertz CT molecular complexity index is 400. The van der Waals surface area contributed by atoms with Gasteiger partial charge in [-0.3, -0.25) is 0 Å². The number of likely N-dealkylation sites (N-methyl/N-ethyl adjacent to an activating group) is 1. The minimum absolute atomic E-state index is 0.375. The van der Waals surface area contributed by atoms with Crippen LogP contribution in [0.4, 0.5) is 14.5 Å². The summed E-state index contributed by atoms with van der Waals surface area (Å²) in [5.41, 5.74) is 0.471. The first kappa shape index (κ1) is 13.7. The summed E-state index contributed by atoms with van der Waals surface area (Å²) in [7, 11) is 0. The Kier molecular flexibility index (Phi) is 4.56. The van der Waals surface area contributed by atoms with Crippen LogP contribution in [0.3, 0.4) is 0 Å². The van der Waals surface area contributed by atoms with Crippen LogP contribution in [0.25, 0.3) is 0 Å². The van der Waals surface area contributed by atoms with Crippen LogP contribution in [0.15, 0.2) is 16.6 Å². The van der Waals surface area contributed by atoms with Crippen LogP contribution in [0.2, 0.25) is 0 Å². The molecule has 2 nitrogen and oxygen atoms in total. The molecule has 100 valence electrons. The lowest BCUT2D eigenvalue weighted by Crippen LogP contribution is -2.46. The topological polar surface area (TPSA) is 15.3 Å². The number of anilines is 1. The molecule has 1 aliphatic heterocycles. The summed E-state index contributed by atoms with van der Waals surface area (Å²) in [5, 5.41) is 3.38. The minimum atomic E-state index is -0.552. The lowest BCUT2D eigenvalue weighted by atomic mass is 10.0. The molecule has 0 radical (unpaired) electrons. The summed E-state index contributed by atoms with van der Waals surface area (Å²) in [4.78, 5) is 1.98. The van der Waals surface area contributed by atoms with Gasteiger partial charge in [-0.15, -0.1) is 0 Å². The fourth-order valence-electron chi connectivity index (χ4n) is 2.47. The van der Waals surface area contributed by atoms with E-state index in [0.29, 0.717) is 16.2 Å². The van der Waals surface area contributed by atoms with Gasteiger partial charge >= 0.3 is 0 Å². The van der Waals surface area contributed by atoms with Crippen molar-refractivity contribution < 1.29 is 8.78 Å². The van der Waals surface area contributed by atoms with E-state index in [1.54, 1.807) is 0 Å². The first-order valence-electron chi connectivity index (χ1n) is 6.24. The van der Waals surface area contributed by atoms with E-state index in [0.717, 1.165) is 38.5 Å². The molecule has 1 unspecified atom stereocenters. The molecule has 2 rings (SSSR count). The van der Waals surface area contributed by atoms with Crippen molar-refractivity contribution in [2.24, 2.45) is 0 Å². The van der Waals surface area contributed by atoms with E-state index in [2.05, 4.69) is 28.2 Å². The van der Waals surface area contributed by atoms with Gasteiger partial charge < -0.3 is 10.2 Å². The van der Waals surface area contributed by atoms with Gasteiger partial charge in [-0.05, 0) is 41.4 Å². The summed E-state index contributed by atoms with van der Waals surface area (Å²) in [5.74, 6) is -1.05. The normalized spacial score (nSPS) is 20.2. The zero-order chi connectivity index (χ0) is 13.1. The monoisotopic (exact) mass is 318 g/mol. The maximum Gasteiger partial charge on any atom is 0.150 e. The highest BCUT2D eigenvalue weighted by molar-refractivity contribution is 9.10. The predicted octanol–water partition coefficient (Wildman–Crippen LogP) is 3.31. The molecule has 0 saturated carbocycles. The molecule has 1 fully saturated rings. The summed E-state index contributed by atoms with van der Waals surface area (Å²) in [6, 6.07) is 2.63. The fourth-order valence-corrected chi connectivity index (χ4v) is 3.13. The summed E-state index contributed by atoms with van der Waals surface area (Å²) >= 11 is 3.25. The molecule has 1 aliphatic rings. The number of nitrogens with zero attached hydrogens (tertiary/aromatic N) is 1. The molecule has 0 aliphatic carbocycles. The number of rotatable bonds is 3. The van der Waals surface area contributed by atoms with Crippen LogP contribution >= 0.6 is 15.9 Å². The van der Waals surface area contributed by atoms with Crippen LogP contribution in [0.1, 0.15) is 19.8 Å². The van der Waals surface area contributed by atoms with Crippen molar-refractivity contribution in [1.29, 1.82) is 0 Å². The van der Waals surface area contributed by atoms with Crippen molar-refractivity contribution in [3.63, 3.8) is 0 Å². The Labute approximate surface area is 114 Å². The molecule has 18 heavy (non-hydrogen) atoms. The van der Waals surface area contributed by atoms with Crippen molar-refractivity contribution in [3.05, 3.63) is 28.2 Å². The highest BCUT2D eigenvalue weighted by Gasteiger charge is 2.23. The molecule has 0 aromatic heterocycles. The average molecular weight is 319 g/mol. The molecule has 1 heterocycles. The molecule has 1 aromatic carbocycles. The number of halogens is 3. The van der Waals surface area contributed by atoms with Crippen molar-refractivity contribution >= 4 is 21.6 Å². The van der Waals surface area contributed by atoms with E-state index in [1.807, 2.05) is 4.90 Å². The van der Waals surface area contributed by atoms with Gasteiger partial charge in [-0.2, -0.15) is 0 Å². The van der Waals surface area contributed by atoms with Crippen LogP contribution in [0, 0.1) is 11.6 Å². The van der Waals surface area contributed by atoms with Crippen molar-refractivity contribution in [1.82, 2.24) is 5.32 Å². The molecule has 1 atom stereocenters. The third kappa shape index (κ3) is 3.01. The molecule has 0 spiro atoms. The molecule has 1 saturated heterocycles. The zero-order valence-corrected chi connectivity index (χ0v) is 11.9. The Morgan fingerprint density at radius 1 is 1.44 bits per heavy atom. The second-order valence-electron chi connectivity index (χ2n) is 4.56. The molecule has 1 aromatic rings. The summed E-state index contributed by atoms with van der Waals surface area (Å²) in [6.07, 6.45) is 2.12. The quantitative estimate of drug-likeness (QED) is 0.919. The Morgan fingerprint density at radius 3 is 2.89 bits per heavy atom. The summed E-state index contributed by atoms with van der Waals surface area (Å²) < 4.78 is 27.4. The largest absolute Gasteiger partial charge is 0.367 e. The molecular weight excluding hydrogens is 302 g/mol. The van der Waals surface area contributed by atoms with Gasteiger partial charge in [0, 0.05) is 29.7 Å². The van der Waals surface area contributed by atoms with Gasteiger partial charge in [0.05, 0.1) is 5.69 Å². The van der Waals surface area contributed by atoms with Crippen molar-refractivity contribution in [3.8, 4) is 0 Å². The van der Waals surface area contributed by atoms with Gasteiger partial charge in [-0.25, -0.2) is 8.78 Å². The van der Waals surface area contributed by atoms with E-state index in [-0.39, 0.29) is 0 Å². The van der Waals surface area contributed by atoms with Crippen LogP contribution in [-0.2, 0) is 0 Å². The molecular formula is C13H17BrF2N2. The van der Waals surface area contributed by atoms with Gasteiger partial charge in [0.2, 0.25) is 0 Å². The third-order valence-electron chi connectivity index (χ3n) is 3.21. The summed E-state index contributed by atoms with van der Waals surface area (Å²) in [6.45, 7) is 4.54. The van der Waals surface area contributed by atoms with E-state index >= 15 is 0 Å². The number of hydrogen-bond donors (Lipinski definition) is 1. The molecule has 0 bridgehead atoms. The first-order chi connectivity index (χ1) is 8.61. The van der Waals surface area contributed by atoms with E-state index < -0.39 is 11.6 Å². The number of hydrogen-bond acceptors (Lipinski definition) is 2. The van der Waals surface area contributed by atoms with E-state index in [4.69, 9.17) is 0 Å². The highest BCUT2D eigenvalue weighted by atomic mass is 79.9. The Balaban J connectivity index is 2.20. The Hall–Kier alpha value is -0.680. The second-order valence-corrected chi connectivity index (χ2v) is 5.42. The second kappa shape index (κ2) is 5.97. The van der Waals surface area contributed by atoms with Crippen LogP contribution in [-0.4, -0.2) is 25.7 Å². The molecule has 1 N–H and O–H groups in total. The van der Waals surface area contributed by atoms with Gasteiger partial charge in [0.1, 0.15) is 5.82 Å². The lowest BCUT2D eigenvalue weighted by molar-refractivity contribution is 0.427. The standard InChI is InChI=1S/C13H17BrF2N2/c1-2-17-10-4-3-5-18(8-10)13-11(14)6-9(15)7-12(13)16/h6-7,10,17H,2-5,8H2,1H3. The Morgan fingerprint density at radius 2 is 2.22 bits per heavy atom. The fraction of sp³-hybridized carbons (Fsp3) is 0.538. The average Bonchev–Trinajstić information content (AvgIpc) is 2.28.